The van der Waals surface area contributed by atoms with Gasteiger partial charge < -0.3 is 14.2 Å². The topological polar surface area (TPSA) is 27.7 Å². The number of ether oxygens (including phenoxy) is 3. The predicted octanol–water partition coefficient (Wildman–Crippen LogP) is 5.09. The maximum atomic E-state index is 6.17. The van der Waals surface area contributed by atoms with Crippen molar-refractivity contribution in [3.05, 3.63) is 72.9 Å². The van der Waals surface area contributed by atoms with Crippen LogP contribution in [-0.2, 0) is 20.8 Å². The van der Waals surface area contributed by atoms with Crippen molar-refractivity contribution in [1.82, 2.24) is 0 Å². The van der Waals surface area contributed by atoms with Crippen molar-refractivity contribution < 1.29 is 14.2 Å². The van der Waals surface area contributed by atoms with Crippen LogP contribution in [0.25, 0.3) is 0 Å². The molecule has 1 atom stereocenters. The number of benzene rings is 1. The minimum atomic E-state index is -0.284. The van der Waals surface area contributed by atoms with Crippen molar-refractivity contribution >= 4 is 0 Å². The largest absolute Gasteiger partial charge is 0.377 e. The average molecular weight is 357 g/mol. The molecule has 1 aliphatic carbocycles. The van der Waals surface area contributed by atoms with Crippen LogP contribution in [0.4, 0.5) is 0 Å². The minimum Gasteiger partial charge on any atom is -0.377 e. The molecule has 26 heavy (non-hydrogen) atoms. The highest BCUT2D eigenvalue weighted by Crippen LogP contribution is 2.33. The second-order valence-corrected chi connectivity index (χ2v) is 7.06. The quantitative estimate of drug-likeness (QED) is 0.385. The standard InChI is InChI=1S/C23H32O3/c1-5-12-23(19(3)4,17-24-13-6-2)18-26-22-14-21(15-22)25-16-20-10-8-7-9-11-20/h5-12,21-22H,2-3,13-18H2,1,4H3/b12-5+. The Morgan fingerprint density at radius 1 is 1.15 bits per heavy atom. The van der Waals surface area contributed by atoms with E-state index in [-0.39, 0.29) is 17.6 Å². The molecule has 0 amide bonds. The highest BCUT2D eigenvalue weighted by molar-refractivity contribution is 5.18. The summed E-state index contributed by atoms with van der Waals surface area (Å²) in [6.07, 6.45) is 8.38. The monoisotopic (exact) mass is 356 g/mol. The molecule has 1 unspecified atom stereocenters. The van der Waals surface area contributed by atoms with Gasteiger partial charge in [-0.05, 0) is 32.3 Å². The molecule has 0 radical (unpaired) electrons. The van der Waals surface area contributed by atoms with Gasteiger partial charge in [0.1, 0.15) is 0 Å². The molecule has 1 fully saturated rings. The number of allylic oxidation sites excluding steroid dienone is 1. The van der Waals surface area contributed by atoms with Crippen molar-refractivity contribution in [3.8, 4) is 0 Å². The van der Waals surface area contributed by atoms with Gasteiger partial charge in [-0.2, -0.15) is 0 Å². The Morgan fingerprint density at radius 3 is 2.46 bits per heavy atom. The Balaban J connectivity index is 1.77. The predicted molar refractivity (Wildman–Crippen MR) is 107 cm³/mol. The van der Waals surface area contributed by atoms with Crippen molar-refractivity contribution in [2.45, 2.75) is 45.5 Å². The summed E-state index contributed by atoms with van der Waals surface area (Å²) in [6.45, 7) is 14.3. The van der Waals surface area contributed by atoms with E-state index in [1.165, 1.54) is 5.56 Å². The van der Waals surface area contributed by atoms with Crippen LogP contribution in [0, 0.1) is 5.41 Å². The zero-order chi connectivity index (χ0) is 18.8. The summed E-state index contributed by atoms with van der Waals surface area (Å²) < 4.78 is 17.8. The molecule has 0 saturated heterocycles. The number of rotatable bonds is 12. The molecule has 0 heterocycles. The number of hydrogen-bond acceptors (Lipinski definition) is 3. The zero-order valence-corrected chi connectivity index (χ0v) is 16.2. The van der Waals surface area contributed by atoms with Crippen molar-refractivity contribution in [2.75, 3.05) is 19.8 Å². The zero-order valence-electron chi connectivity index (χ0n) is 16.2. The molecule has 0 aliphatic heterocycles. The fraction of sp³-hybridized carbons (Fsp3) is 0.478. The third-order valence-electron chi connectivity index (χ3n) is 4.89. The summed E-state index contributed by atoms with van der Waals surface area (Å²) in [7, 11) is 0. The lowest BCUT2D eigenvalue weighted by atomic mass is 9.82. The van der Waals surface area contributed by atoms with E-state index < -0.39 is 0 Å². The first kappa shape index (κ1) is 20.6. The molecule has 142 valence electrons. The molecule has 2 rings (SSSR count). The fourth-order valence-corrected chi connectivity index (χ4v) is 3.01. The molecular weight excluding hydrogens is 324 g/mol. The van der Waals surface area contributed by atoms with Gasteiger partial charge in [-0.15, -0.1) is 6.58 Å². The van der Waals surface area contributed by atoms with Crippen LogP contribution in [0.5, 0.6) is 0 Å². The van der Waals surface area contributed by atoms with Gasteiger partial charge in [-0.25, -0.2) is 0 Å². The van der Waals surface area contributed by atoms with Gasteiger partial charge in [0.25, 0.3) is 0 Å². The van der Waals surface area contributed by atoms with Gasteiger partial charge in [0.2, 0.25) is 0 Å². The van der Waals surface area contributed by atoms with Crippen LogP contribution < -0.4 is 0 Å². The fourth-order valence-electron chi connectivity index (χ4n) is 3.01. The summed E-state index contributed by atoms with van der Waals surface area (Å²) in [6, 6.07) is 10.3. The first-order chi connectivity index (χ1) is 12.6. The third kappa shape index (κ3) is 5.94. The first-order valence-corrected chi connectivity index (χ1v) is 9.35. The highest BCUT2D eigenvalue weighted by Gasteiger charge is 2.35. The van der Waals surface area contributed by atoms with E-state index >= 15 is 0 Å². The van der Waals surface area contributed by atoms with Crippen molar-refractivity contribution in [2.24, 2.45) is 5.41 Å². The smallest absolute Gasteiger partial charge is 0.0720 e. The molecule has 3 nitrogen and oxygen atoms in total. The Labute approximate surface area is 158 Å². The van der Waals surface area contributed by atoms with Crippen LogP contribution in [0.2, 0.25) is 0 Å². The summed E-state index contributed by atoms with van der Waals surface area (Å²) in [5, 5.41) is 0. The van der Waals surface area contributed by atoms with Crippen molar-refractivity contribution in [1.29, 1.82) is 0 Å². The first-order valence-electron chi connectivity index (χ1n) is 9.35. The van der Waals surface area contributed by atoms with E-state index in [2.05, 4.69) is 31.4 Å². The lowest BCUT2D eigenvalue weighted by Crippen LogP contribution is -2.41. The van der Waals surface area contributed by atoms with Gasteiger partial charge in [0.05, 0.1) is 44.1 Å². The lowest BCUT2D eigenvalue weighted by Gasteiger charge is -2.38. The van der Waals surface area contributed by atoms with E-state index in [0.29, 0.717) is 26.4 Å². The van der Waals surface area contributed by atoms with E-state index in [9.17, 15) is 0 Å². The number of hydrogen-bond donors (Lipinski definition) is 0. The Bertz CT molecular complexity index is 587. The van der Waals surface area contributed by atoms with Gasteiger partial charge in [-0.3, -0.25) is 0 Å². The third-order valence-corrected chi connectivity index (χ3v) is 4.89. The van der Waals surface area contributed by atoms with Gasteiger partial charge >= 0.3 is 0 Å². The highest BCUT2D eigenvalue weighted by atomic mass is 16.5. The van der Waals surface area contributed by atoms with Gasteiger partial charge in [-0.1, -0.05) is 60.7 Å². The maximum absolute atomic E-state index is 6.17. The van der Waals surface area contributed by atoms with E-state index in [1.807, 2.05) is 38.1 Å². The second kappa shape index (κ2) is 10.5. The Kier molecular flexibility index (Phi) is 8.30. The second-order valence-electron chi connectivity index (χ2n) is 7.06. The van der Waals surface area contributed by atoms with E-state index in [4.69, 9.17) is 14.2 Å². The molecule has 1 aliphatic rings. The van der Waals surface area contributed by atoms with Crippen LogP contribution in [0.3, 0.4) is 0 Å². The van der Waals surface area contributed by atoms with Crippen molar-refractivity contribution in [3.63, 3.8) is 0 Å². The van der Waals surface area contributed by atoms with E-state index in [1.54, 1.807) is 6.08 Å². The molecule has 0 N–H and O–H groups in total. The van der Waals surface area contributed by atoms with Gasteiger partial charge in [0, 0.05) is 0 Å². The summed E-state index contributed by atoms with van der Waals surface area (Å²) in [5.41, 5.74) is 1.98. The molecule has 1 aromatic carbocycles. The molecule has 1 aromatic rings. The van der Waals surface area contributed by atoms with Gasteiger partial charge in [0.15, 0.2) is 0 Å². The Morgan fingerprint density at radius 2 is 1.85 bits per heavy atom. The summed E-state index contributed by atoms with van der Waals surface area (Å²) in [5.74, 6) is 0. The average Bonchev–Trinajstić information content (AvgIpc) is 2.60. The van der Waals surface area contributed by atoms with Crippen LogP contribution >= 0.6 is 0 Å². The lowest BCUT2D eigenvalue weighted by molar-refractivity contribution is -0.120. The molecule has 0 spiro atoms. The SMILES string of the molecule is C=CCOCC(/C=C/C)(COC1CC(OCc2ccccc2)C1)C(=C)C. The molecule has 0 aromatic heterocycles. The minimum absolute atomic E-state index is 0.249. The maximum Gasteiger partial charge on any atom is 0.0720 e. The molecule has 3 heteroatoms. The van der Waals surface area contributed by atoms with Crippen LogP contribution in [0.15, 0.2) is 67.3 Å². The normalized spacial score (nSPS) is 21.9. The summed E-state index contributed by atoms with van der Waals surface area (Å²) in [4.78, 5) is 0. The van der Waals surface area contributed by atoms with Crippen LogP contribution in [-0.4, -0.2) is 32.0 Å². The molecule has 0 bridgehead atoms. The summed E-state index contributed by atoms with van der Waals surface area (Å²) >= 11 is 0. The molecular formula is C23H32O3. The van der Waals surface area contributed by atoms with E-state index in [0.717, 1.165) is 18.4 Å². The van der Waals surface area contributed by atoms with Crippen LogP contribution in [0.1, 0.15) is 32.3 Å². The molecule has 1 saturated carbocycles. The Hall–Kier alpha value is -1.68.